The number of likely N-dealkylation sites (tertiary alicyclic amines) is 1. The normalized spacial score (nSPS) is 16.3. The molecule has 0 radical (unpaired) electrons. The molecule has 1 saturated heterocycles. The van der Waals surface area contributed by atoms with Crippen LogP contribution < -0.4 is 10.5 Å². The molecule has 1 amide bonds. The molecule has 22 heavy (non-hydrogen) atoms. The number of thiophene rings is 1. The fourth-order valence-electron chi connectivity index (χ4n) is 2.35. The van der Waals surface area contributed by atoms with Crippen molar-refractivity contribution in [1.82, 2.24) is 9.62 Å². The van der Waals surface area contributed by atoms with Gasteiger partial charge in [-0.15, -0.1) is 23.7 Å². The highest BCUT2D eigenvalue weighted by Crippen LogP contribution is 2.19. The monoisotopic (exact) mass is 367 g/mol. The lowest BCUT2D eigenvalue weighted by atomic mass is 10.1. The molecule has 0 saturated carbocycles. The number of nitrogens with one attached hydrogen (secondary N) is 1. The van der Waals surface area contributed by atoms with Crippen LogP contribution >= 0.6 is 23.7 Å². The molecule has 0 bridgehead atoms. The number of halogens is 1. The molecular weight excluding hydrogens is 346 g/mol. The summed E-state index contributed by atoms with van der Waals surface area (Å²) in [5.74, 6) is 0.111. The lowest BCUT2D eigenvalue weighted by Crippen LogP contribution is -2.46. The van der Waals surface area contributed by atoms with E-state index in [4.69, 9.17) is 5.73 Å². The molecule has 0 aromatic carbocycles. The summed E-state index contributed by atoms with van der Waals surface area (Å²) in [4.78, 5) is 13.7. The van der Waals surface area contributed by atoms with E-state index in [0.29, 0.717) is 49.5 Å². The molecule has 0 unspecified atom stereocenters. The number of sulfonamides is 1. The average Bonchev–Trinajstić information content (AvgIpc) is 3.00. The van der Waals surface area contributed by atoms with Crippen LogP contribution in [0.4, 0.5) is 0 Å². The largest absolute Gasteiger partial charge is 0.343 e. The van der Waals surface area contributed by atoms with Crippen LogP contribution in [0.3, 0.4) is 0 Å². The highest BCUT2D eigenvalue weighted by atomic mass is 35.5. The molecule has 1 aliphatic heterocycles. The van der Waals surface area contributed by atoms with E-state index in [1.54, 1.807) is 22.4 Å². The van der Waals surface area contributed by atoms with Crippen molar-refractivity contribution in [2.24, 2.45) is 5.73 Å². The predicted molar refractivity (Wildman–Crippen MR) is 89.8 cm³/mol. The summed E-state index contributed by atoms with van der Waals surface area (Å²) in [5.41, 5.74) is 5.40. The van der Waals surface area contributed by atoms with Crippen molar-refractivity contribution in [2.75, 3.05) is 19.6 Å². The van der Waals surface area contributed by atoms with E-state index in [9.17, 15) is 13.2 Å². The number of amides is 1. The van der Waals surface area contributed by atoms with Gasteiger partial charge in [-0.1, -0.05) is 6.07 Å². The van der Waals surface area contributed by atoms with Crippen LogP contribution in [0.2, 0.25) is 0 Å². The second kappa shape index (κ2) is 8.83. The second-order valence-corrected chi connectivity index (χ2v) is 7.99. The SMILES string of the molecule is Cl.NCCCC(=O)N1CCC(NS(=O)(=O)c2cccs2)CC1. The van der Waals surface area contributed by atoms with Gasteiger partial charge in [0.2, 0.25) is 15.9 Å². The Morgan fingerprint density at radius 2 is 2.09 bits per heavy atom. The van der Waals surface area contributed by atoms with E-state index in [1.807, 2.05) is 0 Å². The van der Waals surface area contributed by atoms with Gasteiger partial charge in [0.1, 0.15) is 4.21 Å². The van der Waals surface area contributed by atoms with Gasteiger partial charge >= 0.3 is 0 Å². The first-order valence-electron chi connectivity index (χ1n) is 7.06. The van der Waals surface area contributed by atoms with Gasteiger partial charge in [-0.25, -0.2) is 13.1 Å². The minimum atomic E-state index is -3.42. The minimum absolute atomic E-state index is 0. The third-order valence-electron chi connectivity index (χ3n) is 3.52. The summed E-state index contributed by atoms with van der Waals surface area (Å²) in [7, 11) is -3.42. The molecule has 0 atom stereocenters. The van der Waals surface area contributed by atoms with Crippen LogP contribution in [0.1, 0.15) is 25.7 Å². The first-order chi connectivity index (χ1) is 10.0. The zero-order valence-electron chi connectivity index (χ0n) is 12.2. The highest BCUT2D eigenvalue weighted by Gasteiger charge is 2.26. The van der Waals surface area contributed by atoms with Gasteiger partial charge in [-0.05, 0) is 37.3 Å². The maximum atomic E-state index is 12.1. The zero-order valence-corrected chi connectivity index (χ0v) is 14.7. The summed E-state index contributed by atoms with van der Waals surface area (Å²) < 4.78 is 27.3. The molecule has 2 heterocycles. The number of nitrogens with zero attached hydrogens (tertiary/aromatic N) is 1. The van der Waals surface area contributed by atoms with E-state index < -0.39 is 10.0 Å². The molecule has 0 spiro atoms. The maximum Gasteiger partial charge on any atom is 0.250 e. The summed E-state index contributed by atoms with van der Waals surface area (Å²) in [6.07, 6.45) is 2.48. The number of carbonyl (C=O) groups excluding carboxylic acids is 1. The number of hydrogen-bond acceptors (Lipinski definition) is 5. The summed E-state index contributed by atoms with van der Waals surface area (Å²) in [5, 5.41) is 1.74. The summed E-state index contributed by atoms with van der Waals surface area (Å²) in [6, 6.07) is 3.21. The van der Waals surface area contributed by atoms with Crippen LogP contribution in [-0.4, -0.2) is 44.9 Å². The van der Waals surface area contributed by atoms with Crippen LogP contribution in [-0.2, 0) is 14.8 Å². The molecule has 6 nitrogen and oxygen atoms in total. The van der Waals surface area contributed by atoms with Gasteiger partial charge in [0, 0.05) is 25.6 Å². The molecule has 9 heteroatoms. The fourth-order valence-corrected chi connectivity index (χ4v) is 4.67. The summed E-state index contributed by atoms with van der Waals surface area (Å²) in [6.45, 7) is 1.71. The van der Waals surface area contributed by atoms with Gasteiger partial charge in [-0.3, -0.25) is 4.79 Å². The van der Waals surface area contributed by atoms with E-state index >= 15 is 0 Å². The third-order valence-corrected chi connectivity index (χ3v) is 6.44. The Labute approximate surface area is 141 Å². The quantitative estimate of drug-likeness (QED) is 0.789. The van der Waals surface area contributed by atoms with E-state index in [-0.39, 0.29) is 24.4 Å². The molecule has 1 aromatic heterocycles. The standard InChI is InChI=1S/C13H21N3O3S2.ClH/c14-7-1-3-12(17)16-8-5-11(6-9-16)15-21(18,19)13-4-2-10-20-13;/h2,4,10-11,15H,1,3,5-9,14H2;1H. The Morgan fingerprint density at radius 3 is 2.64 bits per heavy atom. The van der Waals surface area contributed by atoms with Crippen molar-refractivity contribution in [2.45, 2.75) is 35.9 Å². The number of hydrogen-bond donors (Lipinski definition) is 2. The van der Waals surface area contributed by atoms with Crippen LogP contribution in [0, 0.1) is 0 Å². The van der Waals surface area contributed by atoms with Crippen molar-refractivity contribution in [3.63, 3.8) is 0 Å². The molecule has 1 aliphatic rings. The van der Waals surface area contributed by atoms with E-state index in [1.165, 1.54) is 11.3 Å². The average molecular weight is 368 g/mol. The first kappa shape index (κ1) is 19.4. The third kappa shape index (κ3) is 5.20. The Hall–Kier alpha value is -0.670. The van der Waals surface area contributed by atoms with Crippen LogP contribution in [0.5, 0.6) is 0 Å². The van der Waals surface area contributed by atoms with Crippen molar-refractivity contribution >= 4 is 39.7 Å². The molecule has 0 aliphatic carbocycles. The number of piperidine rings is 1. The molecule has 2 rings (SSSR count). The van der Waals surface area contributed by atoms with Gasteiger partial charge in [0.15, 0.2) is 0 Å². The lowest BCUT2D eigenvalue weighted by Gasteiger charge is -2.32. The fraction of sp³-hybridized carbons (Fsp3) is 0.615. The van der Waals surface area contributed by atoms with Gasteiger partial charge in [0.25, 0.3) is 0 Å². The Morgan fingerprint density at radius 1 is 1.41 bits per heavy atom. The predicted octanol–water partition coefficient (Wildman–Crippen LogP) is 1.18. The molecular formula is C13H22ClN3O3S2. The number of carbonyl (C=O) groups is 1. The minimum Gasteiger partial charge on any atom is -0.343 e. The van der Waals surface area contributed by atoms with Gasteiger partial charge < -0.3 is 10.6 Å². The maximum absolute atomic E-state index is 12.1. The molecule has 1 fully saturated rings. The Bertz CT molecular complexity index is 555. The van der Waals surface area contributed by atoms with Gasteiger partial charge in [-0.2, -0.15) is 0 Å². The van der Waals surface area contributed by atoms with Crippen molar-refractivity contribution in [1.29, 1.82) is 0 Å². The zero-order chi connectivity index (χ0) is 15.3. The van der Waals surface area contributed by atoms with Crippen LogP contribution in [0.15, 0.2) is 21.7 Å². The highest BCUT2D eigenvalue weighted by molar-refractivity contribution is 7.91. The molecule has 1 aromatic rings. The second-order valence-electron chi connectivity index (χ2n) is 5.10. The lowest BCUT2D eigenvalue weighted by molar-refractivity contribution is -0.132. The van der Waals surface area contributed by atoms with E-state index in [2.05, 4.69) is 4.72 Å². The molecule has 126 valence electrons. The van der Waals surface area contributed by atoms with Crippen molar-refractivity contribution < 1.29 is 13.2 Å². The van der Waals surface area contributed by atoms with E-state index in [0.717, 1.165) is 0 Å². The summed E-state index contributed by atoms with van der Waals surface area (Å²) >= 11 is 1.21. The Balaban J connectivity index is 0.00000242. The first-order valence-corrected chi connectivity index (χ1v) is 9.43. The topological polar surface area (TPSA) is 92.5 Å². The van der Waals surface area contributed by atoms with Crippen molar-refractivity contribution in [3.05, 3.63) is 17.5 Å². The smallest absolute Gasteiger partial charge is 0.250 e. The van der Waals surface area contributed by atoms with Crippen molar-refractivity contribution in [3.8, 4) is 0 Å². The number of rotatable bonds is 6. The number of nitrogens with two attached hydrogens (primary N) is 1. The van der Waals surface area contributed by atoms with Gasteiger partial charge in [0.05, 0.1) is 0 Å². The Kier molecular flexibility index (Phi) is 7.78. The molecule has 3 N–H and O–H groups in total. The van der Waals surface area contributed by atoms with Crippen LogP contribution in [0.25, 0.3) is 0 Å².